The van der Waals surface area contributed by atoms with E-state index in [2.05, 4.69) is 76.2 Å². The summed E-state index contributed by atoms with van der Waals surface area (Å²) in [5.74, 6) is 8.77. The van der Waals surface area contributed by atoms with E-state index in [0.29, 0.717) is 11.8 Å². The van der Waals surface area contributed by atoms with Gasteiger partial charge in [-0.2, -0.15) is 0 Å². The molecule has 0 bridgehead atoms. The molecule has 6 rings (SSSR count). The van der Waals surface area contributed by atoms with Gasteiger partial charge in [0.2, 0.25) is 0 Å². The third kappa shape index (κ3) is 10.7. The quantitative estimate of drug-likeness (QED) is 0.217. The molecule has 2 aromatic carbocycles. The molecular formula is C47H72. The van der Waals surface area contributed by atoms with Crippen LogP contribution in [0.3, 0.4) is 0 Å². The van der Waals surface area contributed by atoms with E-state index in [0.717, 1.165) is 47.3 Å². The largest absolute Gasteiger partial charge is 0.0625 e. The van der Waals surface area contributed by atoms with Crippen LogP contribution in [0.1, 0.15) is 184 Å². The number of hydrogen-bond acceptors (Lipinski definition) is 0. The monoisotopic (exact) mass is 637 g/mol. The fourth-order valence-electron chi connectivity index (χ4n) is 10.6. The molecule has 0 saturated heterocycles. The maximum absolute atomic E-state index is 2.59. The summed E-state index contributed by atoms with van der Waals surface area (Å²) in [5, 5.41) is 0. The molecule has 0 amide bonds. The van der Waals surface area contributed by atoms with E-state index in [9.17, 15) is 0 Å². The molecule has 0 aromatic heterocycles. The van der Waals surface area contributed by atoms with Gasteiger partial charge in [-0.25, -0.2) is 0 Å². The molecule has 0 nitrogen and oxygen atoms in total. The van der Waals surface area contributed by atoms with Crippen molar-refractivity contribution in [2.45, 2.75) is 174 Å². The van der Waals surface area contributed by atoms with Crippen LogP contribution < -0.4 is 0 Å². The van der Waals surface area contributed by atoms with Crippen LogP contribution in [-0.4, -0.2) is 0 Å². The van der Waals surface area contributed by atoms with E-state index in [1.807, 2.05) is 0 Å². The zero-order valence-corrected chi connectivity index (χ0v) is 31.2. The van der Waals surface area contributed by atoms with Gasteiger partial charge in [0.1, 0.15) is 0 Å². The van der Waals surface area contributed by atoms with Crippen LogP contribution in [0.25, 0.3) is 0 Å². The Morgan fingerprint density at radius 3 is 0.957 bits per heavy atom. The fourth-order valence-corrected chi connectivity index (χ4v) is 10.6. The van der Waals surface area contributed by atoms with Crippen LogP contribution >= 0.6 is 0 Å². The van der Waals surface area contributed by atoms with Gasteiger partial charge in [-0.3, -0.25) is 0 Å². The van der Waals surface area contributed by atoms with Gasteiger partial charge in [0.05, 0.1) is 0 Å². The van der Waals surface area contributed by atoms with Crippen molar-refractivity contribution < 1.29 is 0 Å². The Morgan fingerprint density at radius 1 is 0.383 bits per heavy atom. The van der Waals surface area contributed by atoms with Crippen LogP contribution in [0.2, 0.25) is 0 Å². The minimum Gasteiger partial charge on any atom is -0.0625 e. The molecular weight excluding hydrogens is 565 g/mol. The molecule has 0 aliphatic heterocycles. The lowest BCUT2D eigenvalue weighted by molar-refractivity contribution is 0.240. The average Bonchev–Trinajstić information content (AvgIpc) is 3.09. The first-order valence-corrected chi connectivity index (χ1v) is 21.0. The third-order valence-electron chi connectivity index (χ3n) is 14.3. The van der Waals surface area contributed by atoms with E-state index in [1.54, 1.807) is 22.3 Å². The molecule has 0 radical (unpaired) electrons. The smallest absolute Gasteiger partial charge is 0.0154 e. The molecule has 0 heteroatoms. The van der Waals surface area contributed by atoms with E-state index in [4.69, 9.17) is 0 Å². The summed E-state index contributed by atoms with van der Waals surface area (Å²) < 4.78 is 0. The number of benzene rings is 2. The maximum Gasteiger partial charge on any atom is -0.0154 e. The predicted octanol–water partition coefficient (Wildman–Crippen LogP) is 14.1. The molecule has 4 saturated carbocycles. The molecule has 47 heavy (non-hydrogen) atoms. The van der Waals surface area contributed by atoms with Crippen LogP contribution in [0.15, 0.2) is 48.5 Å². The van der Waals surface area contributed by atoms with E-state index < -0.39 is 0 Å². The lowest BCUT2D eigenvalue weighted by Crippen LogP contribution is -2.19. The van der Waals surface area contributed by atoms with E-state index in [1.165, 1.54) is 135 Å². The summed E-state index contributed by atoms with van der Waals surface area (Å²) >= 11 is 0. The summed E-state index contributed by atoms with van der Waals surface area (Å²) in [5.41, 5.74) is 6.48. The van der Waals surface area contributed by atoms with Gasteiger partial charge < -0.3 is 0 Å². The van der Waals surface area contributed by atoms with E-state index >= 15 is 0 Å². The van der Waals surface area contributed by atoms with Gasteiger partial charge in [0, 0.05) is 0 Å². The van der Waals surface area contributed by atoms with Gasteiger partial charge in [0.25, 0.3) is 0 Å². The lowest BCUT2D eigenvalue weighted by Gasteiger charge is -2.34. The topological polar surface area (TPSA) is 0 Å². The molecule has 0 spiro atoms. The highest BCUT2D eigenvalue weighted by molar-refractivity contribution is 5.29. The Hall–Kier alpha value is -1.56. The normalized spacial score (nSPS) is 33.3. The van der Waals surface area contributed by atoms with Crippen molar-refractivity contribution in [3.63, 3.8) is 0 Å². The van der Waals surface area contributed by atoms with Gasteiger partial charge in [0.15, 0.2) is 0 Å². The second-order valence-electron chi connectivity index (χ2n) is 18.5. The van der Waals surface area contributed by atoms with Crippen molar-refractivity contribution in [3.8, 4) is 0 Å². The second-order valence-corrected chi connectivity index (χ2v) is 18.5. The number of rotatable bonds is 12. The molecule has 2 aromatic rings. The van der Waals surface area contributed by atoms with Gasteiger partial charge in [-0.15, -0.1) is 0 Å². The highest BCUT2D eigenvalue weighted by Crippen LogP contribution is 2.44. The van der Waals surface area contributed by atoms with Crippen molar-refractivity contribution in [3.05, 3.63) is 70.8 Å². The first-order chi connectivity index (χ1) is 22.9. The molecule has 2 atom stereocenters. The molecule has 0 N–H and O–H groups in total. The zero-order valence-electron chi connectivity index (χ0n) is 31.2. The summed E-state index contributed by atoms with van der Waals surface area (Å²) in [7, 11) is 0. The molecule has 4 aliphatic rings. The minimum absolute atomic E-state index is 0.689. The minimum atomic E-state index is 0.689. The number of hydrogen-bond donors (Lipinski definition) is 0. The molecule has 4 aliphatic carbocycles. The molecule has 260 valence electrons. The van der Waals surface area contributed by atoms with Gasteiger partial charge >= 0.3 is 0 Å². The Kier molecular flexibility index (Phi) is 13.1. The Morgan fingerprint density at radius 2 is 0.660 bits per heavy atom. The Balaban J connectivity index is 1.19. The van der Waals surface area contributed by atoms with Crippen molar-refractivity contribution in [1.82, 2.24) is 0 Å². The molecule has 0 heterocycles. The lowest BCUT2D eigenvalue weighted by atomic mass is 9.71. The van der Waals surface area contributed by atoms with Crippen molar-refractivity contribution in [2.24, 2.45) is 47.3 Å². The van der Waals surface area contributed by atoms with Crippen LogP contribution in [0.4, 0.5) is 0 Å². The van der Waals surface area contributed by atoms with Crippen LogP contribution in [0, 0.1) is 47.3 Å². The molecule has 4 fully saturated rings. The first-order valence-electron chi connectivity index (χ1n) is 21.0. The average molecular weight is 637 g/mol. The SMILES string of the molecule is CC1CCC(Cc2ccc(C(CC3CCC(C)CC3)CC(CC3CCC(C)CC3)c3ccc(CC4CCC(C)CC4)cc3)cc2)CC1. The van der Waals surface area contributed by atoms with Crippen molar-refractivity contribution in [2.75, 3.05) is 0 Å². The standard InChI is InChI=1S/C47H72/c1-34-5-13-38(14-6-34)29-40-21-25-44(26-22-40)46(31-42-17-9-36(3)10-18-42)33-47(32-43-19-11-37(4)12-20-43)45-27-23-41(24-28-45)30-39-15-7-35(2)8-16-39/h21-28,34-39,42-43,46-47H,5-20,29-33H2,1-4H3. The summed E-state index contributed by atoms with van der Waals surface area (Å²) in [4.78, 5) is 0. The van der Waals surface area contributed by atoms with Crippen LogP contribution in [0.5, 0.6) is 0 Å². The Labute approximate surface area is 291 Å². The second kappa shape index (κ2) is 17.4. The van der Waals surface area contributed by atoms with E-state index in [-0.39, 0.29) is 0 Å². The Bertz CT molecular complexity index is 1050. The van der Waals surface area contributed by atoms with Crippen molar-refractivity contribution >= 4 is 0 Å². The summed E-state index contributed by atoms with van der Waals surface area (Å²) in [6.45, 7) is 9.87. The molecule has 2 unspecified atom stereocenters. The zero-order chi connectivity index (χ0) is 32.6. The van der Waals surface area contributed by atoms with Gasteiger partial charge in [-0.1, -0.05) is 153 Å². The van der Waals surface area contributed by atoms with Crippen molar-refractivity contribution in [1.29, 1.82) is 0 Å². The van der Waals surface area contributed by atoms with Crippen LogP contribution in [-0.2, 0) is 12.8 Å². The fraction of sp³-hybridized carbons (Fsp3) is 0.745. The third-order valence-corrected chi connectivity index (χ3v) is 14.3. The maximum atomic E-state index is 2.59. The summed E-state index contributed by atoms with van der Waals surface area (Å²) in [6, 6.07) is 20.5. The highest BCUT2D eigenvalue weighted by Gasteiger charge is 2.29. The highest BCUT2D eigenvalue weighted by atomic mass is 14.3. The van der Waals surface area contributed by atoms with Gasteiger partial charge in [-0.05, 0) is 139 Å². The first kappa shape index (κ1) is 35.3. The summed E-state index contributed by atoms with van der Waals surface area (Å²) in [6.07, 6.45) is 29.8. The predicted molar refractivity (Wildman–Crippen MR) is 204 cm³/mol.